The molecule has 9 heteroatoms. The minimum Gasteiger partial charge on any atom is -0.415 e. The van der Waals surface area contributed by atoms with E-state index in [4.69, 9.17) is 9.52 Å². The number of aromatic nitrogens is 2. The summed E-state index contributed by atoms with van der Waals surface area (Å²) < 4.78 is 30.2. The number of para-hydroxylation sites is 1. The number of alkyl halides is 2. The standard InChI is InChI=1S/C20H20F2N4O3/c1-25(11-12-27)20(28)26(16-5-3-2-4-6-16)13-14-7-9-15(10-8-14)18-23-24-19(29-18)17(21)22/h2-10,17,27H,11-13H2,1H3. The van der Waals surface area contributed by atoms with Crippen molar-refractivity contribution in [2.45, 2.75) is 13.0 Å². The predicted octanol–water partition coefficient (Wildman–Crippen LogP) is 3.72. The SMILES string of the molecule is CN(CCO)C(=O)N(Cc1ccc(-c2nnc(C(F)F)o2)cc1)c1ccccc1. The summed E-state index contributed by atoms with van der Waals surface area (Å²) in [6.07, 6.45) is -2.82. The van der Waals surface area contributed by atoms with Crippen molar-refractivity contribution >= 4 is 11.7 Å². The number of halogens is 2. The summed E-state index contributed by atoms with van der Waals surface area (Å²) in [6.45, 7) is 0.361. The quantitative estimate of drug-likeness (QED) is 0.651. The number of likely N-dealkylation sites (N-methyl/N-ethyl adjacent to an activating group) is 1. The van der Waals surface area contributed by atoms with Crippen LogP contribution < -0.4 is 4.90 Å². The van der Waals surface area contributed by atoms with Crippen LogP contribution in [0.25, 0.3) is 11.5 Å². The van der Waals surface area contributed by atoms with Crippen molar-refractivity contribution in [1.29, 1.82) is 0 Å². The second-order valence-electron chi connectivity index (χ2n) is 6.29. The number of anilines is 1. The molecule has 0 aliphatic carbocycles. The first-order valence-corrected chi connectivity index (χ1v) is 8.89. The molecule has 1 heterocycles. The third-order valence-electron chi connectivity index (χ3n) is 4.23. The summed E-state index contributed by atoms with van der Waals surface area (Å²) in [5.74, 6) is -0.720. The van der Waals surface area contributed by atoms with Crippen molar-refractivity contribution in [3.8, 4) is 11.5 Å². The molecular formula is C20H20F2N4O3. The largest absolute Gasteiger partial charge is 0.415 e. The average molecular weight is 402 g/mol. The van der Waals surface area contributed by atoms with Gasteiger partial charge in [0.25, 0.3) is 5.89 Å². The zero-order valence-electron chi connectivity index (χ0n) is 15.7. The van der Waals surface area contributed by atoms with Crippen LogP contribution in [0.4, 0.5) is 19.3 Å². The lowest BCUT2D eigenvalue weighted by atomic mass is 10.1. The number of aliphatic hydroxyl groups is 1. The van der Waals surface area contributed by atoms with Crippen molar-refractivity contribution in [2.24, 2.45) is 0 Å². The number of urea groups is 1. The van der Waals surface area contributed by atoms with E-state index < -0.39 is 12.3 Å². The Hall–Kier alpha value is -3.33. The fourth-order valence-corrected chi connectivity index (χ4v) is 2.70. The van der Waals surface area contributed by atoms with Crippen LogP contribution in [0, 0.1) is 0 Å². The maximum Gasteiger partial charge on any atom is 0.324 e. The third kappa shape index (κ3) is 4.94. The first-order valence-electron chi connectivity index (χ1n) is 8.89. The molecule has 0 atom stereocenters. The van der Waals surface area contributed by atoms with E-state index in [2.05, 4.69) is 10.2 Å². The highest BCUT2D eigenvalue weighted by atomic mass is 19.3. The molecular weight excluding hydrogens is 382 g/mol. The lowest BCUT2D eigenvalue weighted by Crippen LogP contribution is -2.42. The van der Waals surface area contributed by atoms with Crippen molar-refractivity contribution in [3.05, 3.63) is 66.1 Å². The van der Waals surface area contributed by atoms with Crippen LogP contribution in [0.15, 0.2) is 59.0 Å². The third-order valence-corrected chi connectivity index (χ3v) is 4.23. The maximum atomic E-state index is 12.8. The molecule has 0 aliphatic heterocycles. The second kappa shape index (κ2) is 9.24. The van der Waals surface area contributed by atoms with Crippen LogP contribution in [-0.2, 0) is 6.54 Å². The highest BCUT2D eigenvalue weighted by Crippen LogP contribution is 2.24. The molecule has 0 aliphatic rings. The number of amides is 2. The summed E-state index contributed by atoms with van der Waals surface area (Å²) in [5.41, 5.74) is 2.03. The van der Waals surface area contributed by atoms with Gasteiger partial charge < -0.3 is 14.4 Å². The van der Waals surface area contributed by atoms with Crippen LogP contribution in [0.2, 0.25) is 0 Å². The lowest BCUT2D eigenvalue weighted by molar-refractivity contribution is 0.116. The fraction of sp³-hybridized carbons (Fsp3) is 0.250. The predicted molar refractivity (Wildman–Crippen MR) is 102 cm³/mol. The van der Waals surface area contributed by atoms with E-state index in [-0.39, 0.29) is 31.6 Å². The molecule has 2 amide bonds. The topological polar surface area (TPSA) is 82.7 Å². The van der Waals surface area contributed by atoms with Crippen LogP contribution in [0.1, 0.15) is 17.9 Å². The van der Waals surface area contributed by atoms with Crippen LogP contribution in [0.5, 0.6) is 0 Å². The van der Waals surface area contributed by atoms with E-state index in [9.17, 15) is 13.6 Å². The fourth-order valence-electron chi connectivity index (χ4n) is 2.70. The number of benzene rings is 2. The van der Waals surface area contributed by atoms with Gasteiger partial charge in [0.1, 0.15) is 0 Å². The zero-order chi connectivity index (χ0) is 20.8. The summed E-state index contributed by atoms with van der Waals surface area (Å²) >= 11 is 0. The monoisotopic (exact) mass is 402 g/mol. The number of carbonyl (C=O) groups is 1. The molecule has 29 heavy (non-hydrogen) atoms. The number of aliphatic hydroxyl groups excluding tert-OH is 1. The molecule has 0 bridgehead atoms. The van der Waals surface area contributed by atoms with Gasteiger partial charge in [-0.1, -0.05) is 30.3 Å². The Labute approximate surface area is 166 Å². The number of rotatable bonds is 7. The highest BCUT2D eigenvalue weighted by molar-refractivity contribution is 5.91. The molecule has 0 spiro atoms. The Kier molecular flexibility index (Phi) is 6.50. The number of hydrogen-bond donors (Lipinski definition) is 1. The summed E-state index contributed by atoms with van der Waals surface area (Å²) in [6, 6.07) is 15.8. The maximum absolute atomic E-state index is 12.8. The second-order valence-corrected chi connectivity index (χ2v) is 6.29. The van der Waals surface area contributed by atoms with Gasteiger partial charge in [-0.25, -0.2) is 4.79 Å². The van der Waals surface area contributed by atoms with E-state index in [1.165, 1.54) is 4.90 Å². The van der Waals surface area contributed by atoms with Gasteiger partial charge in [-0.3, -0.25) is 4.90 Å². The first kappa shape index (κ1) is 20.4. The smallest absolute Gasteiger partial charge is 0.324 e. The number of hydrogen-bond acceptors (Lipinski definition) is 5. The van der Waals surface area contributed by atoms with E-state index in [0.717, 1.165) is 5.56 Å². The molecule has 0 saturated heterocycles. The lowest BCUT2D eigenvalue weighted by Gasteiger charge is -2.28. The minimum atomic E-state index is -2.82. The van der Waals surface area contributed by atoms with E-state index in [0.29, 0.717) is 11.3 Å². The van der Waals surface area contributed by atoms with Crippen LogP contribution in [-0.4, -0.2) is 46.4 Å². The number of carbonyl (C=O) groups excluding carboxylic acids is 1. The summed E-state index contributed by atoms with van der Waals surface area (Å²) in [7, 11) is 1.62. The molecule has 1 N–H and O–H groups in total. The Morgan fingerprint density at radius 1 is 1.10 bits per heavy atom. The van der Waals surface area contributed by atoms with Crippen molar-refractivity contribution in [1.82, 2.24) is 15.1 Å². The number of nitrogens with zero attached hydrogens (tertiary/aromatic N) is 4. The molecule has 0 saturated carbocycles. The van der Waals surface area contributed by atoms with Gasteiger partial charge in [0.15, 0.2) is 0 Å². The highest BCUT2D eigenvalue weighted by Gasteiger charge is 2.20. The molecule has 0 fully saturated rings. The van der Waals surface area contributed by atoms with Gasteiger partial charge in [-0.05, 0) is 29.8 Å². The zero-order valence-corrected chi connectivity index (χ0v) is 15.7. The molecule has 3 rings (SSSR count). The van der Waals surface area contributed by atoms with E-state index >= 15 is 0 Å². The van der Waals surface area contributed by atoms with Crippen LogP contribution >= 0.6 is 0 Å². The van der Waals surface area contributed by atoms with E-state index in [1.54, 1.807) is 36.2 Å². The van der Waals surface area contributed by atoms with Gasteiger partial charge in [0.05, 0.1) is 13.2 Å². The van der Waals surface area contributed by atoms with Gasteiger partial charge in [0.2, 0.25) is 5.89 Å². The van der Waals surface area contributed by atoms with Crippen molar-refractivity contribution < 1.29 is 23.1 Å². The van der Waals surface area contributed by atoms with Crippen molar-refractivity contribution in [3.63, 3.8) is 0 Å². The Morgan fingerprint density at radius 3 is 2.38 bits per heavy atom. The molecule has 152 valence electrons. The van der Waals surface area contributed by atoms with Gasteiger partial charge >= 0.3 is 12.5 Å². The average Bonchev–Trinajstić information content (AvgIpc) is 3.23. The Bertz CT molecular complexity index is 932. The van der Waals surface area contributed by atoms with Crippen molar-refractivity contribution in [2.75, 3.05) is 25.1 Å². The van der Waals surface area contributed by atoms with Crippen LogP contribution in [0.3, 0.4) is 0 Å². The minimum absolute atomic E-state index is 0.00511. The van der Waals surface area contributed by atoms with E-state index in [1.807, 2.05) is 30.3 Å². The Morgan fingerprint density at radius 2 is 1.79 bits per heavy atom. The van der Waals surface area contributed by atoms with Gasteiger partial charge in [-0.15, -0.1) is 10.2 Å². The van der Waals surface area contributed by atoms with Gasteiger partial charge in [-0.2, -0.15) is 8.78 Å². The molecule has 2 aromatic carbocycles. The Balaban J connectivity index is 1.81. The molecule has 3 aromatic rings. The molecule has 0 unspecified atom stereocenters. The molecule has 1 aromatic heterocycles. The normalized spacial score (nSPS) is 10.9. The summed E-state index contributed by atoms with van der Waals surface area (Å²) in [4.78, 5) is 15.9. The van der Waals surface area contributed by atoms with Gasteiger partial charge in [0, 0.05) is 24.8 Å². The molecule has 0 radical (unpaired) electrons. The first-order chi connectivity index (χ1) is 14.0. The molecule has 7 nitrogen and oxygen atoms in total. The summed E-state index contributed by atoms with van der Waals surface area (Å²) in [5, 5.41) is 16.1.